The van der Waals surface area contributed by atoms with Gasteiger partial charge in [-0.1, -0.05) is 13.8 Å². The van der Waals surface area contributed by atoms with Gasteiger partial charge in [0.1, 0.15) is 6.54 Å². The van der Waals surface area contributed by atoms with Crippen molar-refractivity contribution in [1.29, 1.82) is 0 Å². The van der Waals surface area contributed by atoms with Crippen LogP contribution in [0, 0.1) is 5.92 Å². The molecule has 0 aromatic heterocycles. The average Bonchev–Trinajstić information content (AvgIpc) is 2.26. The van der Waals surface area contributed by atoms with E-state index in [1.165, 1.54) is 14.0 Å². The topological polar surface area (TPSA) is 95.0 Å². The van der Waals surface area contributed by atoms with Gasteiger partial charge < -0.3 is 10.0 Å². The van der Waals surface area contributed by atoms with E-state index in [2.05, 4.69) is 0 Å². The van der Waals surface area contributed by atoms with E-state index in [9.17, 15) is 18.0 Å². The summed E-state index contributed by atoms with van der Waals surface area (Å²) in [5.74, 6) is -1.61. The highest BCUT2D eigenvalue weighted by atomic mass is 32.2. The fraction of sp³-hybridized carbons (Fsp3) is 0.818. The van der Waals surface area contributed by atoms with Gasteiger partial charge in [-0.25, -0.2) is 8.42 Å². The summed E-state index contributed by atoms with van der Waals surface area (Å²) >= 11 is 0. The minimum absolute atomic E-state index is 0.0973. The van der Waals surface area contributed by atoms with E-state index in [0.29, 0.717) is 0 Å². The number of aliphatic carboxylic acids is 1. The van der Waals surface area contributed by atoms with Crippen LogP contribution in [-0.4, -0.2) is 67.0 Å². The normalized spacial score (nSPS) is 11.9. The fourth-order valence-electron chi connectivity index (χ4n) is 1.47. The predicted octanol–water partition coefficient (Wildman–Crippen LogP) is -0.163. The summed E-state index contributed by atoms with van der Waals surface area (Å²) in [5.41, 5.74) is 0. The zero-order chi connectivity index (χ0) is 15.2. The second-order valence-electron chi connectivity index (χ2n) is 4.72. The van der Waals surface area contributed by atoms with Gasteiger partial charge in [0.05, 0.1) is 12.3 Å². The largest absolute Gasteiger partial charge is 0.480 e. The molecule has 7 nitrogen and oxygen atoms in total. The molecule has 0 heterocycles. The first kappa shape index (κ1) is 17.8. The second kappa shape index (κ2) is 7.44. The van der Waals surface area contributed by atoms with Crippen LogP contribution in [0.1, 0.15) is 20.8 Å². The van der Waals surface area contributed by atoms with Gasteiger partial charge in [0.25, 0.3) is 0 Å². The number of carboxylic acid groups (broad SMARTS) is 1. The number of carbonyl (C=O) groups is 2. The highest BCUT2D eigenvalue weighted by Crippen LogP contribution is 2.03. The van der Waals surface area contributed by atoms with Gasteiger partial charge in [-0.2, -0.15) is 4.31 Å². The summed E-state index contributed by atoms with van der Waals surface area (Å²) in [6.07, 6.45) is 0. The lowest BCUT2D eigenvalue weighted by molar-refractivity contribution is -0.144. The van der Waals surface area contributed by atoms with Crippen LogP contribution < -0.4 is 0 Å². The summed E-state index contributed by atoms with van der Waals surface area (Å²) in [7, 11) is -2.13. The molecule has 8 heteroatoms. The fourth-order valence-corrected chi connectivity index (χ4v) is 2.22. The molecule has 112 valence electrons. The highest BCUT2D eigenvalue weighted by Gasteiger charge is 2.23. The summed E-state index contributed by atoms with van der Waals surface area (Å²) < 4.78 is 24.0. The Labute approximate surface area is 114 Å². The maximum absolute atomic E-state index is 11.9. The van der Waals surface area contributed by atoms with E-state index in [0.717, 1.165) is 9.21 Å². The van der Waals surface area contributed by atoms with Crippen molar-refractivity contribution in [3.63, 3.8) is 0 Å². The Morgan fingerprint density at radius 2 is 1.74 bits per heavy atom. The molecule has 0 aliphatic heterocycles. The molecule has 19 heavy (non-hydrogen) atoms. The number of likely N-dealkylation sites (N-methyl/N-ethyl adjacent to an activating group) is 1. The molecule has 0 saturated carbocycles. The van der Waals surface area contributed by atoms with Gasteiger partial charge in [-0.05, 0) is 12.8 Å². The summed E-state index contributed by atoms with van der Waals surface area (Å²) in [5, 5.41) is 8.76. The lowest BCUT2D eigenvalue weighted by atomic mass is 10.2. The third kappa shape index (κ3) is 6.53. The third-order valence-corrected chi connectivity index (χ3v) is 4.27. The second-order valence-corrected chi connectivity index (χ2v) is 7.08. The third-order valence-electron chi connectivity index (χ3n) is 2.46. The zero-order valence-corrected chi connectivity index (χ0v) is 12.6. The van der Waals surface area contributed by atoms with E-state index in [-0.39, 0.29) is 24.8 Å². The number of rotatable bonds is 8. The Hall–Kier alpha value is -1.15. The Morgan fingerprint density at radius 3 is 2.11 bits per heavy atom. The van der Waals surface area contributed by atoms with Gasteiger partial charge in [0, 0.05) is 13.6 Å². The van der Waals surface area contributed by atoms with Gasteiger partial charge in [-0.3, -0.25) is 9.59 Å². The highest BCUT2D eigenvalue weighted by molar-refractivity contribution is 7.89. The summed E-state index contributed by atoms with van der Waals surface area (Å²) in [4.78, 5) is 23.8. The van der Waals surface area contributed by atoms with Crippen LogP contribution >= 0.6 is 0 Å². The summed E-state index contributed by atoms with van der Waals surface area (Å²) in [6, 6.07) is 0. The number of hydrogen-bond acceptors (Lipinski definition) is 4. The average molecular weight is 294 g/mol. The molecule has 0 aromatic carbocycles. The van der Waals surface area contributed by atoms with Crippen LogP contribution in [0.3, 0.4) is 0 Å². The molecule has 0 radical (unpaired) electrons. The first-order chi connectivity index (χ1) is 8.60. The van der Waals surface area contributed by atoms with Crippen molar-refractivity contribution in [3.05, 3.63) is 0 Å². The maximum Gasteiger partial charge on any atom is 0.323 e. The molecule has 0 rings (SSSR count). The van der Waals surface area contributed by atoms with E-state index >= 15 is 0 Å². The molecule has 0 unspecified atom stereocenters. The SMILES string of the molecule is CCS(=O)(=O)N(C)CC(=O)N(CC(=O)O)CC(C)C. The molecule has 0 fully saturated rings. The van der Waals surface area contributed by atoms with Gasteiger partial charge in [0.2, 0.25) is 15.9 Å². The molecule has 1 amide bonds. The Balaban J connectivity index is 4.77. The summed E-state index contributed by atoms with van der Waals surface area (Å²) in [6.45, 7) is 4.72. The number of amides is 1. The zero-order valence-electron chi connectivity index (χ0n) is 11.8. The first-order valence-electron chi connectivity index (χ1n) is 6.03. The van der Waals surface area contributed by atoms with Crippen LogP contribution in [0.5, 0.6) is 0 Å². The van der Waals surface area contributed by atoms with E-state index in [1.54, 1.807) is 0 Å². The number of nitrogens with zero attached hydrogens (tertiary/aromatic N) is 2. The molecule has 1 N–H and O–H groups in total. The lowest BCUT2D eigenvalue weighted by Crippen LogP contribution is -2.44. The van der Waals surface area contributed by atoms with E-state index in [1.807, 2.05) is 13.8 Å². The van der Waals surface area contributed by atoms with Crippen molar-refractivity contribution in [2.75, 3.05) is 32.4 Å². The minimum atomic E-state index is -3.45. The van der Waals surface area contributed by atoms with Crippen molar-refractivity contribution in [2.24, 2.45) is 5.92 Å². The van der Waals surface area contributed by atoms with E-state index in [4.69, 9.17) is 5.11 Å². The Morgan fingerprint density at radius 1 is 1.21 bits per heavy atom. The van der Waals surface area contributed by atoms with Crippen molar-refractivity contribution in [2.45, 2.75) is 20.8 Å². The van der Waals surface area contributed by atoms with Crippen LogP contribution in [-0.2, 0) is 19.6 Å². The number of hydrogen-bond donors (Lipinski definition) is 1. The minimum Gasteiger partial charge on any atom is -0.480 e. The molecule has 0 aliphatic rings. The van der Waals surface area contributed by atoms with Gasteiger partial charge in [0.15, 0.2) is 0 Å². The quantitative estimate of drug-likeness (QED) is 0.671. The Kier molecular flexibility index (Phi) is 6.99. The van der Waals surface area contributed by atoms with Crippen LogP contribution in [0.4, 0.5) is 0 Å². The Bertz CT molecular complexity index is 419. The van der Waals surface area contributed by atoms with Crippen molar-refractivity contribution in [1.82, 2.24) is 9.21 Å². The molecule has 0 atom stereocenters. The first-order valence-corrected chi connectivity index (χ1v) is 7.64. The number of sulfonamides is 1. The van der Waals surface area contributed by atoms with Crippen molar-refractivity contribution < 1.29 is 23.1 Å². The molecular weight excluding hydrogens is 272 g/mol. The monoisotopic (exact) mass is 294 g/mol. The number of carboxylic acids is 1. The van der Waals surface area contributed by atoms with Crippen molar-refractivity contribution >= 4 is 21.9 Å². The van der Waals surface area contributed by atoms with Crippen LogP contribution in [0.15, 0.2) is 0 Å². The van der Waals surface area contributed by atoms with Crippen LogP contribution in [0.2, 0.25) is 0 Å². The standard InChI is InChI=1S/C11H22N2O5S/c1-5-19(17,18)12(4)7-10(14)13(6-9(2)3)8-11(15)16/h9H,5-8H2,1-4H3,(H,15,16). The van der Waals surface area contributed by atoms with E-state index < -0.39 is 28.4 Å². The smallest absolute Gasteiger partial charge is 0.323 e. The molecule has 0 saturated heterocycles. The predicted molar refractivity (Wildman–Crippen MR) is 71.1 cm³/mol. The molecule has 0 spiro atoms. The van der Waals surface area contributed by atoms with Gasteiger partial charge in [-0.15, -0.1) is 0 Å². The van der Waals surface area contributed by atoms with Crippen molar-refractivity contribution in [3.8, 4) is 0 Å². The van der Waals surface area contributed by atoms with Crippen LogP contribution in [0.25, 0.3) is 0 Å². The van der Waals surface area contributed by atoms with Gasteiger partial charge >= 0.3 is 5.97 Å². The maximum atomic E-state index is 11.9. The number of carbonyl (C=O) groups excluding carboxylic acids is 1. The molecule has 0 aliphatic carbocycles. The molecular formula is C11H22N2O5S. The lowest BCUT2D eigenvalue weighted by Gasteiger charge is -2.25. The molecule has 0 bridgehead atoms. The molecule has 0 aromatic rings.